The molecule has 1 aliphatic heterocycles. The molecule has 1 atom stereocenters. The molecule has 7 heteroatoms. The lowest BCUT2D eigenvalue weighted by Crippen LogP contribution is -2.44. The molecule has 4 rings (SSSR count). The second-order valence-electron chi connectivity index (χ2n) is 6.34. The maximum absolute atomic E-state index is 6.06. The Morgan fingerprint density at radius 3 is 2.88 bits per heavy atom. The minimum absolute atomic E-state index is 0.0458. The molecule has 26 heavy (non-hydrogen) atoms. The minimum atomic E-state index is 0.0458. The first-order valence-electron chi connectivity index (χ1n) is 8.69. The van der Waals surface area contributed by atoms with Gasteiger partial charge in [0.05, 0.1) is 24.4 Å². The van der Waals surface area contributed by atoms with E-state index >= 15 is 0 Å². The SMILES string of the molecule is CC(c1cnc2ccccc2c1)c1cc(/N=C(\N)N2CCOCC2)on1. The zero-order chi connectivity index (χ0) is 17.9. The summed E-state index contributed by atoms with van der Waals surface area (Å²) >= 11 is 0. The average Bonchev–Trinajstić information content (AvgIpc) is 3.16. The number of ether oxygens (including phenoxy) is 1. The highest BCUT2D eigenvalue weighted by Crippen LogP contribution is 2.27. The molecule has 0 amide bonds. The van der Waals surface area contributed by atoms with Crippen LogP contribution in [0.5, 0.6) is 0 Å². The predicted molar refractivity (Wildman–Crippen MR) is 99.4 cm³/mol. The monoisotopic (exact) mass is 351 g/mol. The molecule has 0 radical (unpaired) electrons. The second-order valence-corrected chi connectivity index (χ2v) is 6.34. The topological polar surface area (TPSA) is 89.8 Å². The molecule has 7 nitrogen and oxygen atoms in total. The number of fused-ring (bicyclic) bond motifs is 1. The Bertz CT molecular complexity index is 930. The first kappa shape index (κ1) is 16.5. The summed E-state index contributed by atoms with van der Waals surface area (Å²) < 4.78 is 10.7. The van der Waals surface area contributed by atoms with Gasteiger partial charge in [-0.1, -0.05) is 30.3 Å². The Kier molecular flexibility index (Phi) is 4.53. The van der Waals surface area contributed by atoms with Crippen molar-refractivity contribution in [2.24, 2.45) is 10.7 Å². The summed E-state index contributed by atoms with van der Waals surface area (Å²) in [6, 6.07) is 12.0. The fourth-order valence-corrected chi connectivity index (χ4v) is 3.01. The van der Waals surface area contributed by atoms with Crippen LogP contribution in [0.2, 0.25) is 0 Å². The summed E-state index contributed by atoms with van der Waals surface area (Å²) in [4.78, 5) is 10.8. The second kappa shape index (κ2) is 7.13. The van der Waals surface area contributed by atoms with Gasteiger partial charge in [0.25, 0.3) is 5.88 Å². The van der Waals surface area contributed by atoms with Crippen LogP contribution in [0.3, 0.4) is 0 Å². The van der Waals surface area contributed by atoms with E-state index < -0.39 is 0 Å². The molecule has 1 fully saturated rings. The fourth-order valence-electron chi connectivity index (χ4n) is 3.01. The highest BCUT2D eigenvalue weighted by molar-refractivity contribution is 5.80. The number of nitrogens with zero attached hydrogens (tertiary/aromatic N) is 4. The van der Waals surface area contributed by atoms with Gasteiger partial charge in [-0.15, -0.1) is 0 Å². The van der Waals surface area contributed by atoms with Crippen LogP contribution in [0.1, 0.15) is 24.1 Å². The number of benzene rings is 1. The van der Waals surface area contributed by atoms with E-state index in [4.69, 9.17) is 15.0 Å². The third-order valence-electron chi connectivity index (χ3n) is 4.63. The highest BCUT2D eigenvalue weighted by Gasteiger charge is 2.17. The molecular formula is C19H21N5O2. The van der Waals surface area contributed by atoms with Gasteiger partial charge in [0.1, 0.15) is 0 Å². The Balaban J connectivity index is 1.54. The zero-order valence-corrected chi connectivity index (χ0v) is 14.6. The number of rotatable bonds is 3. The van der Waals surface area contributed by atoms with E-state index in [0.29, 0.717) is 25.1 Å². The third kappa shape index (κ3) is 3.39. The van der Waals surface area contributed by atoms with Crippen molar-refractivity contribution < 1.29 is 9.26 Å². The van der Waals surface area contributed by atoms with Crippen LogP contribution < -0.4 is 5.73 Å². The van der Waals surface area contributed by atoms with Crippen LogP contribution >= 0.6 is 0 Å². The van der Waals surface area contributed by atoms with Crippen molar-refractivity contribution in [2.45, 2.75) is 12.8 Å². The maximum atomic E-state index is 6.06. The van der Waals surface area contributed by atoms with Crippen LogP contribution in [-0.2, 0) is 4.74 Å². The molecule has 2 aromatic heterocycles. The van der Waals surface area contributed by atoms with Gasteiger partial charge >= 0.3 is 0 Å². The molecule has 134 valence electrons. The Hall–Kier alpha value is -2.93. The number of nitrogens with two attached hydrogens (primary N) is 1. The van der Waals surface area contributed by atoms with Gasteiger partial charge in [-0.25, -0.2) is 0 Å². The average molecular weight is 351 g/mol. The summed E-state index contributed by atoms with van der Waals surface area (Å²) in [5.74, 6) is 0.880. The fraction of sp³-hybridized carbons (Fsp3) is 0.316. The molecule has 1 unspecified atom stereocenters. The van der Waals surface area contributed by atoms with Gasteiger partial charge in [-0.05, 0) is 17.7 Å². The van der Waals surface area contributed by atoms with Gasteiger partial charge < -0.3 is 19.9 Å². The molecule has 1 aliphatic rings. The predicted octanol–water partition coefficient (Wildman–Crippen LogP) is 2.65. The minimum Gasteiger partial charge on any atom is -0.378 e. The molecule has 1 saturated heterocycles. The number of aliphatic imine (C=N–C) groups is 1. The number of morpholine rings is 1. The van der Waals surface area contributed by atoms with Gasteiger partial charge in [-0.3, -0.25) is 4.98 Å². The molecule has 0 bridgehead atoms. The molecule has 3 aromatic rings. The molecule has 0 saturated carbocycles. The van der Waals surface area contributed by atoms with Gasteiger partial charge in [0.15, 0.2) is 5.96 Å². The van der Waals surface area contributed by atoms with Crippen molar-refractivity contribution in [1.29, 1.82) is 0 Å². The lowest BCUT2D eigenvalue weighted by Gasteiger charge is -2.27. The third-order valence-corrected chi connectivity index (χ3v) is 4.63. The summed E-state index contributed by atoms with van der Waals surface area (Å²) in [5.41, 5.74) is 8.92. The van der Waals surface area contributed by atoms with Crippen molar-refractivity contribution in [1.82, 2.24) is 15.0 Å². The van der Waals surface area contributed by atoms with E-state index in [9.17, 15) is 0 Å². The first-order valence-corrected chi connectivity index (χ1v) is 8.69. The van der Waals surface area contributed by atoms with Crippen molar-refractivity contribution in [2.75, 3.05) is 26.3 Å². The normalized spacial score (nSPS) is 16.8. The van der Waals surface area contributed by atoms with E-state index in [-0.39, 0.29) is 5.92 Å². The van der Waals surface area contributed by atoms with Crippen LogP contribution in [0.15, 0.2) is 52.1 Å². The van der Waals surface area contributed by atoms with E-state index in [1.165, 1.54) is 0 Å². The Morgan fingerprint density at radius 1 is 1.23 bits per heavy atom. The Morgan fingerprint density at radius 2 is 2.04 bits per heavy atom. The maximum Gasteiger partial charge on any atom is 0.253 e. The summed E-state index contributed by atoms with van der Waals surface area (Å²) in [7, 11) is 0. The van der Waals surface area contributed by atoms with Crippen LogP contribution in [0.25, 0.3) is 10.9 Å². The highest BCUT2D eigenvalue weighted by atomic mass is 16.5. The van der Waals surface area contributed by atoms with Crippen LogP contribution in [0, 0.1) is 0 Å². The number of pyridine rings is 1. The number of aromatic nitrogens is 2. The number of para-hydroxylation sites is 1. The van der Waals surface area contributed by atoms with Crippen molar-refractivity contribution in [3.63, 3.8) is 0 Å². The molecular weight excluding hydrogens is 330 g/mol. The summed E-state index contributed by atoms with van der Waals surface area (Å²) in [6.45, 7) is 4.85. The van der Waals surface area contributed by atoms with Crippen LogP contribution in [-0.4, -0.2) is 47.3 Å². The lowest BCUT2D eigenvalue weighted by molar-refractivity contribution is 0.0675. The van der Waals surface area contributed by atoms with E-state index in [1.54, 1.807) is 0 Å². The summed E-state index contributed by atoms with van der Waals surface area (Å²) in [6.07, 6.45) is 1.88. The van der Waals surface area contributed by atoms with Crippen molar-refractivity contribution >= 4 is 22.7 Å². The standard InChI is InChI=1S/C19H21N5O2/c1-13(15-10-14-4-2-3-5-16(14)21-12-15)17-11-18(26-23-17)22-19(20)24-6-8-25-9-7-24/h2-5,10-13H,6-9H2,1H3,(H2,20,22). The largest absolute Gasteiger partial charge is 0.378 e. The van der Waals surface area contributed by atoms with E-state index in [1.807, 2.05) is 35.4 Å². The van der Waals surface area contributed by atoms with E-state index in [0.717, 1.165) is 35.2 Å². The smallest absolute Gasteiger partial charge is 0.253 e. The molecule has 0 spiro atoms. The molecule has 2 N–H and O–H groups in total. The van der Waals surface area contributed by atoms with Gasteiger partial charge in [0.2, 0.25) is 0 Å². The lowest BCUT2D eigenvalue weighted by atomic mass is 9.98. The molecule has 1 aromatic carbocycles. The van der Waals surface area contributed by atoms with Crippen molar-refractivity contribution in [3.05, 3.63) is 53.9 Å². The van der Waals surface area contributed by atoms with Gasteiger partial charge in [0, 0.05) is 36.7 Å². The molecule has 3 heterocycles. The molecule has 0 aliphatic carbocycles. The van der Waals surface area contributed by atoms with Crippen molar-refractivity contribution in [3.8, 4) is 0 Å². The number of hydrogen-bond donors (Lipinski definition) is 1. The van der Waals surface area contributed by atoms with E-state index in [2.05, 4.69) is 34.2 Å². The number of hydrogen-bond acceptors (Lipinski definition) is 5. The quantitative estimate of drug-likeness (QED) is 0.576. The Labute approximate surface area is 151 Å². The van der Waals surface area contributed by atoms with Gasteiger partial charge in [-0.2, -0.15) is 4.99 Å². The first-order chi connectivity index (χ1) is 12.7. The van der Waals surface area contributed by atoms with Crippen LogP contribution in [0.4, 0.5) is 5.88 Å². The zero-order valence-electron chi connectivity index (χ0n) is 14.6. The summed E-state index contributed by atoms with van der Waals surface area (Å²) in [5, 5.41) is 5.27. The number of guanidine groups is 1.